The highest BCUT2D eigenvalue weighted by atomic mass is 16.3. The first kappa shape index (κ1) is 16.6. The lowest BCUT2D eigenvalue weighted by Crippen LogP contribution is -2.59. The molecule has 3 heteroatoms. The predicted molar refractivity (Wildman–Crippen MR) is 92.9 cm³/mol. The van der Waals surface area contributed by atoms with Crippen LogP contribution in [0.3, 0.4) is 0 Å². The Morgan fingerprint density at radius 1 is 1.12 bits per heavy atom. The Labute approximate surface area is 145 Å². The number of fused-ring (bicyclic) bond motifs is 5. The fourth-order valence-electron chi connectivity index (χ4n) is 6.94. The second-order valence-electron chi connectivity index (χ2n) is 9.19. The van der Waals surface area contributed by atoms with Crippen LogP contribution >= 0.6 is 0 Å². The van der Waals surface area contributed by atoms with Gasteiger partial charge in [0.1, 0.15) is 5.60 Å². The third-order valence-corrected chi connectivity index (χ3v) is 8.31. The van der Waals surface area contributed by atoms with Gasteiger partial charge in [0.15, 0.2) is 0 Å². The summed E-state index contributed by atoms with van der Waals surface area (Å²) in [6, 6.07) is 0. The van der Waals surface area contributed by atoms with Gasteiger partial charge in [-0.2, -0.15) is 0 Å². The average Bonchev–Trinajstić information content (AvgIpc) is 2.82. The lowest BCUT2D eigenvalue weighted by molar-refractivity contribution is -0.147. The Kier molecular flexibility index (Phi) is 3.53. The lowest BCUT2D eigenvalue weighted by atomic mass is 9.47. The van der Waals surface area contributed by atoms with E-state index in [4.69, 9.17) is 6.42 Å². The van der Waals surface area contributed by atoms with Gasteiger partial charge in [-0.05, 0) is 74.2 Å². The van der Waals surface area contributed by atoms with E-state index in [0.717, 1.165) is 31.3 Å². The number of aliphatic hydroxyl groups excluding tert-OH is 1. The van der Waals surface area contributed by atoms with Gasteiger partial charge in [-0.25, -0.2) is 0 Å². The van der Waals surface area contributed by atoms with Crippen molar-refractivity contribution < 1.29 is 15.3 Å². The Bertz CT molecular complexity index is 619. The largest absolute Gasteiger partial charge is 0.389 e. The van der Waals surface area contributed by atoms with Crippen LogP contribution < -0.4 is 0 Å². The van der Waals surface area contributed by atoms with E-state index in [1.165, 1.54) is 0 Å². The van der Waals surface area contributed by atoms with Gasteiger partial charge in [-0.15, -0.1) is 6.42 Å². The van der Waals surface area contributed by atoms with E-state index in [9.17, 15) is 15.3 Å². The zero-order valence-corrected chi connectivity index (χ0v) is 14.8. The van der Waals surface area contributed by atoms with Crippen molar-refractivity contribution in [2.75, 3.05) is 0 Å². The summed E-state index contributed by atoms with van der Waals surface area (Å²) in [6.45, 7) is 4.45. The molecule has 0 aromatic rings. The van der Waals surface area contributed by atoms with E-state index in [-0.39, 0.29) is 11.3 Å². The number of terminal acetylenes is 1. The molecule has 24 heavy (non-hydrogen) atoms. The molecule has 0 unspecified atom stereocenters. The summed E-state index contributed by atoms with van der Waals surface area (Å²) in [4.78, 5) is 0. The van der Waals surface area contributed by atoms with Crippen LogP contribution in [-0.2, 0) is 0 Å². The molecule has 0 amide bonds. The number of hydrogen-bond acceptors (Lipinski definition) is 3. The van der Waals surface area contributed by atoms with Crippen molar-refractivity contribution in [1.29, 1.82) is 0 Å². The van der Waals surface area contributed by atoms with Crippen molar-refractivity contribution in [3.05, 3.63) is 11.6 Å². The number of aliphatic hydroxyl groups is 3. The maximum atomic E-state index is 11.5. The summed E-state index contributed by atoms with van der Waals surface area (Å²) in [7, 11) is 0. The Balaban J connectivity index is 1.74. The summed E-state index contributed by atoms with van der Waals surface area (Å²) in [5.41, 5.74) is -0.926. The van der Waals surface area contributed by atoms with Crippen LogP contribution in [0, 0.1) is 41.4 Å². The summed E-state index contributed by atoms with van der Waals surface area (Å²) < 4.78 is 0. The van der Waals surface area contributed by atoms with Crippen LogP contribution in [0.15, 0.2) is 11.6 Å². The van der Waals surface area contributed by atoms with Crippen LogP contribution in [0.5, 0.6) is 0 Å². The molecule has 3 nitrogen and oxygen atoms in total. The molecular weight excluding hydrogens is 300 g/mol. The fraction of sp³-hybridized carbons (Fsp3) is 0.810. The van der Waals surface area contributed by atoms with Crippen molar-refractivity contribution >= 4 is 0 Å². The summed E-state index contributed by atoms with van der Waals surface area (Å²) >= 11 is 0. The third kappa shape index (κ3) is 1.91. The van der Waals surface area contributed by atoms with Gasteiger partial charge in [0.25, 0.3) is 0 Å². The standard InChI is InChI=1S/C21H30O3/c1-4-20(23)9-7-16-18-13(2)11-14-12-15(22)5-10-21(14,24)17(18)6-8-19(16,20)3/h1,12-13,15-18,22-24H,5-11H2,2-3H3/t13-,15+,16+,17+,18+,19+,20+,21-/m1/s1. The molecule has 0 bridgehead atoms. The minimum atomic E-state index is -0.996. The zero-order chi connectivity index (χ0) is 17.3. The molecule has 4 aliphatic carbocycles. The Morgan fingerprint density at radius 3 is 2.54 bits per heavy atom. The third-order valence-electron chi connectivity index (χ3n) is 8.31. The number of hydrogen-bond donors (Lipinski definition) is 3. The maximum Gasteiger partial charge on any atom is 0.130 e. The highest BCUT2D eigenvalue weighted by Gasteiger charge is 2.65. The Hall–Kier alpha value is -0.820. The summed E-state index contributed by atoms with van der Waals surface area (Å²) in [6.07, 6.45) is 12.8. The monoisotopic (exact) mass is 330 g/mol. The first-order chi connectivity index (χ1) is 11.2. The lowest BCUT2D eigenvalue weighted by Gasteiger charge is -2.59. The molecule has 0 radical (unpaired) electrons. The molecule has 3 fully saturated rings. The molecule has 0 saturated heterocycles. The molecule has 0 aliphatic heterocycles. The minimum absolute atomic E-state index is 0.233. The van der Waals surface area contributed by atoms with Gasteiger partial charge in [0.2, 0.25) is 0 Å². The van der Waals surface area contributed by atoms with E-state index in [0.29, 0.717) is 37.0 Å². The number of rotatable bonds is 0. The van der Waals surface area contributed by atoms with Crippen molar-refractivity contribution in [3.63, 3.8) is 0 Å². The van der Waals surface area contributed by atoms with Crippen LogP contribution in [0.25, 0.3) is 0 Å². The predicted octanol–water partition coefficient (Wildman–Crippen LogP) is 2.65. The van der Waals surface area contributed by atoms with Crippen LogP contribution in [0.1, 0.15) is 58.8 Å². The van der Waals surface area contributed by atoms with Gasteiger partial charge in [0, 0.05) is 5.41 Å². The maximum absolute atomic E-state index is 11.5. The zero-order valence-electron chi connectivity index (χ0n) is 14.8. The highest BCUT2D eigenvalue weighted by Crippen LogP contribution is 2.66. The van der Waals surface area contributed by atoms with Crippen LogP contribution in [0.4, 0.5) is 0 Å². The fourth-order valence-corrected chi connectivity index (χ4v) is 6.94. The molecular formula is C21H30O3. The van der Waals surface area contributed by atoms with Crippen molar-refractivity contribution in [3.8, 4) is 12.3 Å². The minimum Gasteiger partial charge on any atom is -0.389 e. The van der Waals surface area contributed by atoms with Crippen molar-refractivity contribution in [2.45, 2.75) is 76.1 Å². The first-order valence-corrected chi connectivity index (χ1v) is 9.57. The van der Waals surface area contributed by atoms with E-state index >= 15 is 0 Å². The molecule has 0 aromatic heterocycles. The summed E-state index contributed by atoms with van der Waals surface area (Å²) in [5, 5.41) is 32.5. The van der Waals surface area contributed by atoms with E-state index < -0.39 is 17.3 Å². The van der Waals surface area contributed by atoms with E-state index in [1.54, 1.807) is 0 Å². The van der Waals surface area contributed by atoms with Gasteiger partial charge >= 0.3 is 0 Å². The molecule has 3 N–H and O–H groups in total. The highest BCUT2D eigenvalue weighted by molar-refractivity contribution is 5.31. The van der Waals surface area contributed by atoms with Crippen LogP contribution in [-0.4, -0.2) is 32.6 Å². The molecule has 4 rings (SSSR count). The normalized spacial score (nSPS) is 56.5. The van der Waals surface area contributed by atoms with Gasteiger partial charge in [-0.3, -0.25) is 0 Å². The van der Waals surface area contributed by atoms with E-state index in [1.807, 2.05) is 6.08 Å². The molecule has 0 spiro atoms. The quantitative estimate of drug-likeness (QED) is 0.473. The second-order valence-corrected chi connectivity index (χ2v) is 9.19. The molecule has 8 atom stereocenters. The van der Waals surface area contributed by atoms with Crippen molar-refractivity contribution in [2.24, 2.45) is 29.1 Å². The topological polar surface area (TPSA) is 60.7 Å². The Morgan fingerprint density at radius 2 is 1.83 bits per heavy atom. The average molecular weight is 330 g/mol. The van der Waals surface area contributed by atoms with Gasteiger partial charge < -0.3 is 15.3 Å². The smallest absolute Gasteiger partial charge is 0.130 e. The molecule has 3 saturated carbocycles. The molecule has 4 aliphatic rings. The second kappa shape index (κ2) is 5.10. The van der Waals surface area contributed by atoms with Gasteiger partial charge in [-0.1, -0.05) is 25.8 Å². The van der Waals surface area contributed by atoms with Crippen molar-refractivity contribution in [1.82, 2.24) is 0 Å². The molecule has 132 valence electrons. The molecule has 0 aromatic carbocycles. The van der Waals surface area contributed by atoms with E-state index in [2.05, 4.69) is 19.8 Å². The summed E-state index contributed by atoms with van der Waals surface area (Å²) in [5.74, 6) is 4.19. The first-order valence-electron chi connectivity index (χ1n) is 9.57. The van der Waals surface area contributed by atoms with Gasteiger partial charge in [0.05, 0.1) is 11.7 Å². The SMILES string of the molecule is C#C[C@]1(O)CC[C@H]2[C@@H]3[C@H](C)CC4=C[C@@H](O)CC[C@]4(O)[C@H]3CC[C@@]21C. The van der Waals surface area contributed by atoms with Crippen LogP contribution in [0.2, 0.25) is 0 Å². The molecule has 0 heterocycles.